The van der Waals surface area contributed by atoms with Crippen LogP contribution < -0.4 is 0 Å². The van der Waals surface area contributed by atoms with Crippen molar-refractivity contribution in [3.63, 3.8) is 0 Å². The molecule has 0 atom stereocenters. The molecule has 0 saturated heterocycles. The highest BCUT2D eigenvalue weighted by atomic mass is 35.5. The zero-order chi connectivity index (χ0) is 11.6. The molecule has 0 aliphatic rings. The zero-order valence-electron chi connectivity index (χ0n) is 7.15. The molecule has 0 aliphatic heterocycles. The molecule has 0 fully saturated rings. The van der Waals surface area contributed by atoms with E-state index in [9.17, 15) is 18.9 Å². The van der Waals surface area contributed by atoms with E-state index < -0.39 is 34.4 Å². The van der Waals surface area contributed by atoms with E-state index in [1.54, 1.807) is 0 Å². The second-order valence-corrected chi connectivity index (χ2v) is 2.82. The van der Waals surface area contributed by atoms with Gasteiger partial charge in [0, 0.05) is 5.56 Å². The summed E-state index contributed by atoms with van der Waals surface area (Å²) in [6.45, 7) is 0. The van der Waals surface area contributed by atoms with Crippen LogP contribution in [0.5, 0.6) is 5.75 Å². The molecule has 0 amide bonds. The molecule has 0 unspecified atom stereocenters. The largest absolute Gasteiger partial charge is 0.504 e. The van der Waals surface area contributed by atoms with Gasteiger partial charge in [-0.25, -0.2) is 8.78 Å². The van der Waals surface area contributed by atoms with Gasteiger partial charge in [-0.15, -0.1) is 11.6 Å². The van der Waals surface area contributed by atoms with Gasteiger partial charge in [0.2, 0.25) is 0 Å². The molecule has 0 aliphatic carbocycles. The van der Waals surface area contributed by atoms with Crippen molar-refractivity contribution in [1.29, 1.82) is 0 Å². The van der Waals surface area contributed by atoms with E-state index in [2.05, 4.69) is 4.98 Å². The van der Waals surface area contributed by atoms with E-state index in [0.29, 0.717) is 0 Å². The fourth-order valence-corrected chi connectivity index (χ4v) is 1.34. The van der Waals surface area contributed by atoms with Gasteiger partial charge in [0.15, 0.2) is 11.9 Å². The van der Waals surface area contributed by atoms with Crippen molar-refractivity contribution in [3.05, 3.63) is 27.4 Å². The lowest BCUT2D eigenvalue weighted by Crippen LogP contribution is -2.03. The Morgan fingerprint density at radius 1 is 1.67 bits per heavy atom. The molecule has 1 heterocycles. The standard InChI is InChI=1S/C7H5ClF2N2O3/c8-1-3-4(13)2-11-7(12(14)15)5(3)6(9)10/h2,6,13H,1H2. The van der Waals surface area contributed by atoms with Crippen LogP contribution in [0.25, 0.3) is 0 Å². The first-order chi connectivity index (χ1) is 6.99. The van der Waals surface area contributed by atoms with Crippen LogP contribution in [-0.4, -0.2) is 15.0 Å². The SMILES string of the molecule is O=[N+]([O-])c1ncc(O)c(CCl)c1C(F)F. The average Bonchev–Trinajstić information content (AvgIpc) is 2.16. The molecule has 1 aromatic rings. The van der Waals surface area contributed by atoms with Gasteiger partial charge >= 0.3 is 5.82 Å². The van der Waals surface area contributed by atoms with Crippen molar-refractivity contribution in [1.82, 2.24) is 4.98 Å². The minimum Gasteiger partial charge on any atom is -0.504 e. The second kappa shape index (κ2) is 4.35. The van der Waals surface area contributed by atoms with Crippen molar-refractivity contribution in [3.8, 4) is 5.75 Å². The first-order valence-corrected chi connectivity index (χ1v) is 4.21. The van der Waals surface area contributed by atoms with Gasteiger partial charge in [0.05, 0.1) is 5.88 Å². The maximum absolute atomic E-state index is 12.5. The summed E-state index contributed by atoms with van der Waals surface area (Å²) in [5.74, 6) is -2.01. The number of aromatic nitrogens is 1. The number of nitrogens with zero attached hydrogens (tertiary/aromatic N) is 2. The Kier molecular flexibility index (Phi) is 3.35. The summed E-state index contributed by atoms with van der Waals surface area (Å²) in [6, 6.07) is 0. The third-order valence-electron chi connectivity index (χ3n) is 1.71. The van der Waals surface area contributed by atoms with Crippen LogP contribution in [0.3, 0.4) is 0 Å². The van der Waals surface area contributed by atoms with E-state index >= 15 is 0 Å². The van der Waals surface area contributed by atoms with Gasteiger partial charge in [-0.2, -0.15) is 0 Å². The van der Waals surface area contributed by atoms with Crippen LogP contribution in [0.2, 0.25) is 0 Å². The molecule has 0 bridgehead atoms. The monoisotopic (exact) mass is 238 g/mol. The summed E-state index contributed by atoms with van der Waals surface area (Å²) in [5, 5.41) is 19.5. The van der Waals surface area contributed by atoms with E-state index in [1.807, 2.05) is 0 Å². The zero-order valence-corrected chi connectivity index (χ0v) is 7.91. The molecular weight excluding hydrogens is 234 g/mol. The Morgan fingerprint density at radius 2 is 2.27 bits per heavy atom. The molecular formula is C7H5ClF2N2O3. The topological polar surface area (TPSA) is 76.3 Å². The van der Waals surface area contributed by atoms with Gasteiger partial charge in [0.1, 0.15) is 5.56 Å². The van der Waals surface area contributed by atoms with Crippen molar-refractivity contribution >= 4 is 17.4 Å². The highest BCUT2D eigenvalue weighted by Gasteiger charge is 2.29. The molecule has 8 heteroatoms. The highest BCUT2D eigenvalue weighted by molar-refractivity contribution is 6.17. The average molecular weight is 239 g/mol. The molecule has 1 rings (SSSR count). The lowest BCUT2D eigenvalue weighted by atomic mass is 10.1. The Bertz CT molecular complexity index is 400. The lowest BCUT2D eigenvalue weighted by Gasteiger charge is -2.07. The maximum atomic E-state index is 12.5. The highest BCUT2D eigenvalue weighted by Crippen LogP contribution is 2.35. The van der Waals surface area contributed by atoms with Crippen molar-refractivity contribution in [2.45, 2.75) is 12.3 Å². The van der Waals surface area contributed by atoms with Crippen LogP contribution in [0.15, 0.2) is 6.20 Å². The van der Waals surface area contributed by atoms with Crippen molar-refractivity contribution in [2.24, 2.45) is 0 Å². The Labute approximate surface area is 87.5 Å². The van der Waals surface area contributed by atoms with E-state index in [-0.39, 0.29) is 5.56 Å². The van der Waals surface area contributed by atoms with E-state index in [4.69, 9.17) is 16.7 Å². The van der Waals surface area contributed by atoms with Crippen molar-refractivity contribution < 1.29 is 18.8 Å². The number of alkyl halides is 3. The first kappa shape index (κ1) is 11.6. The molecule has 5 nitrogen and oxygen atoms in total. The van der Waals surface area contributed by atoms with Crippen LogP contribution >= 0.6 is 11.6 Å². The number of aromatic hydroxyl groups is 1. The van der Waals surface area contributed by atoms with Crippen LogP contribution in [0.1, 0.15) is 17.6 Å². The summed E-state index contributed by atoms with van der Waals surface area (Å²) in [4.78, 5) is 12.5. The molecule has 15 heavy (non-hydrogen) atoms. The number of hydrogen-bond acceptors (Lipinski definition) is 4. The minimum atomic E-state index is -3.11. The number of rotatable bonds is 3. The predicted molar refractivity (Wildman–Crippen MR) is 47.1 cm³/mol. The lowest BCUT2D eigenvalue weighted by molar-refractivity contribution is -0.391. The summed E-state index contributed by atoms with van der Waals surface area (Å²) in [5.41, 5.74) is -1.30. The second-order valence-electron chi connectivity index (χ2n) is 2.55. The molecule has 1 aromatic heterocycles. The Morgan fingerprint density at radius 3 is 2.67 bits per heavy atom. The van der Waals surface area contributed by atoms with Crippen molar-refractivity contribution in [2.75, 3.05) is 0 Å². The Balaban J connectivity index is 3.49. The van der Waals surface area contributed by atoms with Crippen LogP contribution in [0, 0.1) is 10.1 Å². The van der Waals surface area contributed by atoms with Gasteiger partial charge in [-0.3, -0.25) is 0 Å². The minimum absolute atomic E-state index is 0.367. The number of pyridine rings is 1. The van der Waals surface area contributed by atoms with Gasteiger partial charge in [0.25, 0.3) is 6.43 Å². The number of nitro groups is 1. The maximum Gasteiger partial charge on any atom is 0.372 e. The summed E-state index contributed by atoms with van der Waals surface area (Å²) in [6.07, 6.45) is -2.39. The van der Waals surface area contributed by atoms with Crippen LogP contribution in [-0.2, 0) is 5.88 Å². The number of hydrogen-bond donors (Lipinski definition) is 1. The third-order valence-corrected chi connectivity index (χ3v) is 1.98. The van der Waals surface area contributed by atoms with Gasteiger partial charge < -0.3 is 15.2 Å². The molecule has 1 N–H and O–H groups in total. The molecule has 82 valence electrons. The summed E-state index contributed by atoms with van der Waals surface area (Å²) >= 11 is 5.31. The van der Waals surface area contributed by atoms with E-state index in [1.165, 1.54) is 0 Å². The van der Waals surface area contributed by atoms with Gasteiger partial charge in [-0.1, -0.05) is 0 Å². The quantitative estimate of drug-likeness (QED) is 0.498. The van der Waals surface area contributed by atoms with Crippen LogP contribution in [0.4, 0.5) is 14.6 Å². The molecule has 0 saturated carbocycles. The fourth-order valence-electron chi connectivity index (χ4n) is 1.06. The summed E-state index contributed by atoms with van der Waals surface area (Å²) < 4.78 is 25.0. The molecule has 0 aromatic carbocycles. The smallest absolute Gasteiger partial charge is 0.372 e. The first-order valence-electron chi connectivity index (χ1n) is 3.68. The normalized spacial score (nSPS) is 10.7. The number of halogens is 3. The molecule has 0 radical (unpaired) electrons. The predicted octanol–water partition coefficient (Wildman–Crippen LogP) is 2.37. The molecule has 0 spiro atoms. The Hall–Kier alpha value is -1.50. The van der Waals surface area contributed by atoms with E-state index in [0.717, 1.165) is 6.20 Å². The third kappa shape index (κ3) is 2.12. The fraction of sp³-hybridized carbons (Fsp3) is 0.286. The van der Waals surface area contributed by atoms with Gasteiger partial charge in [-0.05, 0) is 9.91 Å². The summed E-state index contributed by atoms with van der Waals surface area (Å²) in [7, 11) is 0.